The molecule has 0 amide bonds. The molecule has 14 heavy (non-hydrogen) atoms. The number of benzene rings is 1. The standard InChI is InChI=1S/C7H6FNO2.C2H4O/c1-5-3-2-4-6(7(5)8)9(10)11;1-2-3/h2-4H,1H3;2H,1H3. The first kappa shape index (κ1) is 12.2. The number of hydrogen-bond acceptors (Lipinski definition) is 3. The zero-order valence-corrected chi connectivity index (χ0v) is 7.86. The molecule has 1 aromatic rings. The van der Waals surface area contributed by atoms with Crippen molar-refractivity contribution in [3.63, 3.8) is 0 Å². The largest absolute Gasteiger partial charge is 0.305 e. The highest BCUT2D eigenvalue weighted by Crippen LogP contribution is 2.18. The number of aldehydes is 1. The lowest BCUT2D eigenvalue weighted by Crippen LogP contribution is -1.93. The Balaban J connectivity index is 0.000000500. The zero-order chi connectivity index (χ0) is 11.1. The van der Waals surface area contributed by atoms with E-state index < -0.39 is 16.4 Å². The summed E-state index contributed by atoms with van der Waals surface area (Å²) in [7, 11) is 0. The summed E-state index contributed by atoms with van der Waals surface area (Å²) >= 11 is 0. The second-order valence-electron chi connectivity index (χ2n) is 2.40. The molecule has 0 N–H and O–H groups in total. The minimum Gasteiger partial charge on any atom is -0.304 e. The Bertz CT molecular complexity index is 339. The first-order valence-corrected chi connectivity index (χ1v) is 3.83. The summed E-state index contributed by atoms with van der Waals surface area (Å²) in [5.41, 5.74) is -0.177. The fourth-order valence-corrected chi connectivity index (χ4v) is 0.773. The van der Waals surface area contributed by atoms with E-state index in [1.54, 1.807) is 0 Å². The maximum Gasteiger partial charge on any atom is 0.305 e. The summed E-state index contributed by atoms with van der Waals surface area (Å²) in [5, 5.41) is 10.1. The number of carbonyl (C=O) groups excluding carboxylic acids is 1. The van der Waals surface area contributed by atoms with Gasteiger partial charge in [-0.15, -0.1) is 0 Å². The minimum absolute atomic E-state index is 0.291. The van der Waals surface area contributed by atoms with Gasteiger partial charge in [-0.2, -0.15) is 4.39 Å². The molecule has 0 aliphatic heterocycles. The number of hydrogen-bond donors (Lipinski definition) is 0. The molecule has 0 spiro atoms. The third-order valence-corrected chi connectivity index (χ3v) is 1.37. The lowest BCUT2D eigenvalue weighted by molar-refractivity contribution is -0.387. The normalized spacial score (nSPS) is 8.50. The van der Waals surface area contributed by atoms with E-state index in [1.165, 1.54) is 26.0 Å². The van der Waals surface area contributed by atoms with Gasteiger partial charge in [0, 0.05) is 6.07 Å². The second-order valence-corrected chi connectivity index (χ2v) is 2.40. The number of nitro groups is 1. The molecule has 0 saturated heterocycles. The van der Waals surface area contributed by atoms with Gasteiger partial charge in [-0.1, -0.05) is 12.1 Å². The predicted molar refractivity (Wildman–Crippen MR) is 49.5 cm³/mol. The summed E-state index contributed by atoms with van der Waals surface area (Å²) in [4.78, 5) is 18.2. The molecule has 0 heterocycles. The average molecular weight is 199 g/mol. The van der Waals surface area contributed by atoms with Crippen molar-refractivity contribution in [2.75, 3.05) is 0 Å². The van der Waals surface area contributed by atoms with Gasteiger partial charge in [-0.25, -0.2) is 0 Å². The van der Waals surface area contributed by atoms with E-state index in [0.717, 1.165) is 12.4 Å². The van der Waals surface area contributed by atoms with Crippen molar-refractivity contribution >= 4 is 12.0 Å². The number of carbonyl (C=O) groups is 1. The van der Waals surface area contributed by atoms with Crippen molar-refractivity contribution < 1.29 is 14.1 Å². The van der Waals surface area contributed by atoms with Gasteiger partial charge in [0.05, 0.1) is 4.92 Å². The lowest BCUT2D eigenvalue weighted by Gasteiger charge is -1.95. The molecule has 0 atom stereocenters. The molecule has 0 fully saturated rings. The molecule has 76 valence electrons. The highest BCUT2D eigenvalue weighted by molar-refractivity contribution is 5.44. The molecular weight excluding hydrogens is 189 g/mol. The van der Waals surface area contributed by atoms with E-state index in [-0.39, 0.29) is 0 Å². The van der Waals surface area contributed by atoms with Crippen LogP contribution >= 0.6 is 0 Å². The number of halogens is 1. The van der Waals surface area contributed by atoms with Crippen molar-refractivity contribution in [1.82, 2.24) is 0 Å². The Kier molecular flexibility index (Phi) is 5.06. The topological polar surface area (TPSA) is 60.2 Å². The van der Waals surface area contributed by atoms with Crippen molar-refractivity contribution in [2.45, 2.75) is 13.8 Å². The van der Waals surface area contributed by atoms with Crippen LogP contribution in [0, 0.1) is 22.9 Å². The molecule has 1 rings (SSSR count). The first-order valence-electron chi connectivity index (χ1n) is 3.83. The van der Waals surface area contributed by atoms with Crippen molar-refractivity contribution in [3.05, 3.63) is 39.7 Å². The van der Waals surface area contributed by atoms with E-state index in [1.807, 2.05) is 0 Å². The molecule has 4 nitrogen and oxygen atoms in total. The number of nitro benzene ring substituents is 1. The van der Waals surface area contributed by atoms with Gasteiger partial charge < -0.3 is 4.79 Å². The fourth-order valence-electron chi connectivity index (χ4n) is 0.773. The Morgan fingerprint density at radius 3 is 2.36 bits per heavy atom. The monoisotopic (exact) mass is 199 g/mol. The quantitative estimate of drug-likeness (QED) is 0.396. The second kappa shape index (κ2) is 5.80. The fraction of sp³-hybridized carbons (Fsp3) is 0.222. The SMILES string of the molecule is CC=O.Cc1cccc([N+](=O)[O-])c1F. The van der Waals surface area contributed by atoms with Gasteiger partial charge in [-0.05, 0) is 19.4 Å². The van der Waals surface area contributed by atoms with E-state index in [0.29, 0.717) is 5.56 Å². The molecule has 0 bridgehead atoms. The highest BCUT2D eigenvalue weighted by Gasteiger charge is 2.13. The highest BCUT2D eigenvalue weighted by atomic mass is 19.1. The first-order chi connectivity index (χ1) is 6.54. The van der Waals surface area contributed by atoms with Crippen LogP contribution < -0.4 is 0 Å². The van der Waals surface area contributed by atoms with Crippen LogP contribution in [-0.2, 0) is 4.79 Å². The summed E-state index contributed by atoms with van der Waals surface area (Å²) in [5.74, 6) is -0.752. The van der Waals surface area contributed by atoms with Crippen LogP contribution in [0.5, 0.6) is 0 Å². The summed E-state index contributed by atoms with van der Waals surface area (Å²) in [6.45, 7) is 2.93. The van der Waals surface area contributed by atoms with Crippen molar-refractivity contribution in [1.29, 1.82) is 0 Å². The smallest absolute Gasteiger partial charge is 0.304 e. The summed E-state index contributed by atoms with van der Waals surface area (Å²) in [6.07, 6.45) is 0.750. The minimum atomic E-state index is -0.752. The van der Waals surface area contributed by atoms with E-state index in [9.17, 15) is 14.5 Å². The molecular formula is C9H10FNO3. The molecule has 0 aliphatic rings. The Hall–Kier alpha value is -1.78. The van der Waals surface area contributed by atoms with Gasteiger partial charge >= 0.3 is 5.69 Å². The van der Waals surface area contributed by atoms with Gasteiger partial charge in [0.2, 0.25) is 5.82 Å². The van der Waals surface area contributed by atoms with Gasteiger partial charge in [0.15, 0.2) is 0 Å². The third kappa shape index (κ3) is 3.30. The third-order valence-electron chi connectivity index (χ3n) is 1.37. The van der Waals surface area contributed by atoms with Crippen LogP contribution in [-0.4, -0.2) is 11.2 Å². The summed E-state index contributed by atoms with van der Waals surface area (Å²) in [6, 6.07) is 4.08. The average Bonchev–Trinajstić information content (AvgIpc) is 2.10. The van der Waals surface area contributed by atoms with Crippen molar-refractivity contribution in [3.8, 4) is 0 Å². The Morgan fingerprint density at radius 1 is 1.50 bits per heavy atom. The van der Waals surface area contributed by atoms with Gasteiger partial charge in [-0.3, -0.25) is 10.1 Å². The van der Waals surface area contributed by atoms with Crippen LogP contribution in [0.15, 0.2) is 18.2 Å². The molecule has 0 aromatic heterocycles. The predicted octanol–water partition coefficient (Wildman–Crippen LogP) is 2.25. The molecule has 0 saturated carbocycles. The number of aryl methyl sites for hydroxylation is 1. The molecule has 5 heteroatoms. The van der Waals surface area contributed by atoms with Crippen molar-refractivity contribution in [2.24, 2.45) is 0 Å². The van der Waals surface area contributed by atoms with Crippen LogP contribution in [0.1, 0.15) is 12.5 Å². The van der Waals surface area contributed by atoms with Gasteiger partial charge in [0.25, 0.3) is 0 Å². The number of nitrogens with zero attached hydrogens (tertiary/aromatic N) is 1. The molecule has 0 aliphatic carbocycles. The lowest BCUT2D eigenvalue weighted by atomic mass is 10.2. The van der Waals surface area contributed by atoms with Crippen LogP contribution in [0.4, 0.5) is 10.1 Å². The Labute approximate surface area is 80.5 Å². The maximum atomic E-state index is 12.8. The van der Waals surface area contributed by atoms with E-state index in [2.05, 4.69) is 0 Å². The van der Waals surface area contributed by atoms with Gasteiger partial charge in [0.1, 0.15) is 6.29 Å². The Morgan fingerprint density at radius 2 is 2.00 bits per heavy atom. The zero-order valence-electron chi connectivity index (χ0n) is 7.86. The summed E-state index contributed by atoms with van der Waals surface area (Å²) < 4.78 is 12.8. The molecule has 0 radical (unpaired) electrons. The molecule has 0 unspecified atom stereocenters. The van der Waals surface area contributed by atoms with E-state index >= 15 is 0 Å². The van der Waals surface area contributed by atoms with Crippen LogP contribution in [0.3, 0.4) is 0 Å². The van der Waals surface area contributed by atoms with E-state index in [4.69, 9.17) is 4.79 Å². The maximum absolute atomic E-state index is 12.8. The van der Waals surface area contributed by atoms with Crippen LogP contribution in [0.2, 0.25) is 0 Å². The van der Waals surface area contributed by atoms with Crippen LogP contribution in [0.25, 0.3) is 0 Å². The number of rotatable bonds is 1. The molecule has 1 aromatic carbocycles.